The summed E-state index contributed by atoms with van der Waals surface area (Å²) in [7, 11) is 0. The number of hydrogen-bond donors (Lipinski definition) is 1. The van der Waals surface area contributed by atoms with E-state index in [4.69, 9.17) is 4.74 Å². The minimum absolute atomic E-state index is 0.0695. The van der Waals surface area contributed by atoms with Gasteiger partial charge in [0.1, 0.15) is 5.51 Å². The third kappa shape index (κ3) is 1.22. The van der Waals surface area contributed by atoms with E-state index in [1.54, 1.807) is 5.51 Å². The van der Waals surface area contributed by atoms with E-state index in [1.807, 2.05) is 0 Å². The highest BCUT2D eigenvalue weighted by molar-refractivity contribution is 7.13. The van der Waals surface area contributed by atoms with Crippen molar-refractivity contribution in [2.75, 3.05) is 18.5 Å². The summed E-state index contributed by atoms with van der Waals surface area (Å²) < 4.78 is 5.22. The molecule has 74 valence electrons. The number of aromatic nitrogens is 2. The Morgan fingerprint density at radius 1 is 1.57 bits per heavy atom. The van der Waals surface area contributed by atoms with Crippen LogP contribution in [0.5, 0.6) is 0 Å². The summed E-state index contributed by atoms with van der Waals surface area (Å²) in [4.78, 5) is 11.7. The second-order valence-electron chi connectivity index (χ2n) is 3.62. The minimum atomic E-state index is 0.0695. The fraction of sp³-hybridized carbons (Fsp3) is 0.625. The Labute approximate surface area is 84.5 Å². The molecule has 2 aliphatic rings. The van der Waals surface area contributed by atoms with Crippen molar-refractivity contribution in [1.29, 1.82) is 0 Å². The monoisotopic (exact) mass is 211 g/mol. The normalized spacial score (nSPS) is 33.9. The fourth-order valence-corrected chi connectivity index (χ4v) is 2.49. The summed E-state index contributed by atoms with van der Waals surface area (Å²) in [6, 6.07) is 0. The average Bonchev–Trinajstić information content (AvgIpc) is 2.63. The molecule has 0 radical (unpaired) electrons. The average molecular weight is 211 g/mol. The van der Waals surface area contributed by atoms with Crippen molar-refractivity contribution in [2.24, 2.45) is 17.8 Å². The molecule has 1 aromatic rings. The molecular weight excluding hydrogens is 202 g/mol. The zero-order valence-electron chi connectivity index (χ0n) is 7.34. The second-order valence-corrected chi connectivity index (χ2v) is 4.46. The van der Waals surface area contributed by atoms with Crippen LogP contribution in [0.1, 0.15) is 0 Å². The maximum atomic E-state index is 11.7. The molecular formula is C8H9N3O2S. The van der Waals surface area contributed by atoms with Crippen LogP contribution < -0.4 is 5.32 Å². The maximum absolute atomic E-state index is 11.7. The number of rotatable bonds is 2. The van der Waals surface area contributed by atoms with E-state index in [9.17, 15) is 4.79 Å². The van der Waals surface area contributed by atoms with Crippen molar-refractivity contribution in [1.82, 2.24) is 10.2 Å². The van der Waals surface area contributed by atoms with E-state index in [0.717, 1.165) is 13.2 Å². The van der Waals surface area contributed by atoms with Gasteiger partial charge in [-0.2, -0.15) is 0 Å². The molecule has 14 heavy (non-hydrogen) atoms. The van der Waals surface area contributed by atoms with Crippen LogP contribution in [0.15, 0.2) is 5.51 Å². The van der Waals surface area contributed by atoms with Gasteiger partial charge in [-0.1, -0.05) is 11.3 Å². The van der Waals surface area contributed by atoms with E-state index in [1.165, 1.54) is 11.3 Å². The van der Waals surface area contributed by atoms with Crippen LogP contribution in [-0.2, 0) is 9.53 Å². The van der Waals surface area contributed by atoms with Crippen molar-refractivity contribution in [3.05, 3.63) is 5.51 Å². The van der Waals surface area contributed by atoms with Crippen LogP contribution in [0.4, 0.5) is 5.13 Å². The van der Waals surface area contributed by atoms with Crippen LogP contribution in [-0.4, -0.2) is 29.3 Å². The Balaban J connectivity index is 1.62. The lowest BCUT2D eigenvalue weighted by Crippen LogP contribution is -2.18. The Hall–Kier alpha value is -1.01. The van der Waals surface area contributed by atoms with Crippen LogP contribution in [0.2, 0.25) is 0 Å². The number of fused-ring (bicyclic) bond motifs is 1. The molecule has 3 rings (SSSR count). The highest BCUT2D eigenvalue weighted by Crippen LogP contribution is 2.51. The van der Waals surface area contributed by atoms with E-state index in [-0.39, 0.29) is 11.8 Å². The van der Waals surface area contributed by atoms with Crippen molar-refractivity contribution in [3.8, 4) is 0 Å². The van der Waals surface area contributed by atoms with Gasteiger partial charge in [0.15, 0.2) is 0 Å². The highest BCUT2D eigenvalue weighted by Gasteiger charge is 2.58. The molecule has 1 saturated heterocycles. The van der Waals surface area contributed by atoms with Gasteiger partial charge in [-0.3, -0.25) is 4.79 Å². The number of carbonyl (C=O) groups excluding carboxylic acids is 1. The zero-order valence-corrected chi connectivity index (χ0v) is 8.16. The van der Waals surface area contributed by atoms with E-state index in [2.05, 4.69) is 15.5 Å². The third-order valence-electron chi connectivity index (χ3n) is 2.85. The molecule has 2 fully saturated rings. The van der Waals surface area contributed by atoms with Crippen LogP contribution >= 0.6 is 11.3 Å². The number of amides is 1. The molecule has 5 nitrogen and oxygen atoms in total. The summed E-state index contributed by atoms with van der Waals surface area (Å²) in [5.74, 6) is 1.11. The number of anilines is 1. The van der Waals surface area contributed by atoms with E-state index in [0.29, 0.717) is 17.0 Å². The molecule has 1 unspecified atom stereocenters. The van der Waals surface area contributed by atoms with Crippen LogP contribution in [0.25, 0.3) is 0 Å². The molecule has 1 amide bonds. The maximum Gasteiger partial charge on any atom is 0.230 e. The lowest BCUT2D eigenvalue weighted by Gasteiger charge is -2.02. The molecule has 1 aliphatic heterocycles. The van der Waals surface area contributed by atoms with Crippen LogP contribution in [0.3, 0.4) is 0 Å². The number of ether oxygens (including phenoxy) is 1. The third-order valence-corrected chi connectivity index (χ3v) is 3.45. The largest absolute Gasteiger partial charge is 0.381 e. The summed E-state index contributed by atoms with van der Waals surface area (Å²) in [5.41, 5.74) is 1.60. The van der Waals surface area contributed by atoms with Gasteiger partial charge in [-0.05, 0) is 11.8 Å². The smallest absolute Gasteiger partial charge is 0.230 e. The highest BCUT2D eigenvalue weighted by atomic mass is 32.1. The Bertz CT molecular complexity index is 343. The van der Waals surface area contributed by atoms with Gasteiger partial charge in [0.05, 0.1) is 13.2 Å². The first-order chi connectivity index (χ1) is 6.86. The Morgan fingerprint density at radius 3 is 3.00 bits per heavy atom. The molecule has 3 atom stereocenters. The zero-order chi connectivity index (χ0) is 9.54. The number of hydrogen-bond acceptors (Lipinski definition) is 5. The predicted molar refractivity (Wildman–Crippen MR) is 49.8 cm³/mol. The summed E-state index contributed by atoms with van der Waals surface area (Å²) in [5, 5.41) is 10.8. The van der Waals surface area contributed by atoms with Gasteiger partial charge in [0.25, 0.3) is 0 Å². The number of nitrogens with zero attached hydrogens (tertiary/aromatic N) is 2. The fourth-order valence-electron chi connectivity index (χ4n) is 2.04. The Morgan fingerprint density at radius 2 is 2.36 bits per heavy atom. The summed E-state index contributed by atoms with van der Waals surface area (Å²) in [6.45, 7) is 1.47. The SMILES string of the molecule is O=C(Nc1nncs1)C1[C@H]2COC[C@@H]12. The lowest BCUT2D eigenvalue weighted by atomic mass is 10.3. The lowest BCUT2D eigenvalue weighted by molar-refractivity contribution is -0.118. The molecule has 1 aliphatic carbocycles. The van der Waals surface area contributed by atoms with Crippen molar-refractivity contribution in [2.45, 2.75) is 0 Å². The molecule has 0 aromatic carbocycles. The molecule has 1 aromatic heterocycles. The molecule has 0 bridgehead atoms. The minimum Gasteiger partial charge on any atom is -0.381 e. The van der Waals surface area contributed by atoms with Gasteiger partial charge in [-0.25, -0.2) is 0 Å². The van der Waals surface area contributed by atoms with E-state index < -0.39 is 0 Å². The Kier molecular flexibility index (Phi) is 1.78. The first-order valence-corrected chi connectivity index (χ1v) is 5.39. The van der Waals surface area contributed by atoms with E-state index >= 15 is 0 Å². The first-order valence-electron chi connectivity index (χ1n) is 4.51. The van der Waals surface area contributed by atoms with Gasteiger partial charge < -0.3 is 10.1 Å². The summed E-state index contributed by atoms with van der Waals surface area (Å²) >= 11 is 1.34. The summed E-state index contributed by atoms with van der Waals surface area (Å²) in [6.07, 6.45) is 0. The molecule has 0 spiro atoms. The van der Waals surface area contributed by atoms with Crippen LogP contribution in [0, 0.1) is 17.8 Å². The molecule has 1 N–H and O–H groups in total. The van der Waals surface area contributed by atoms with Crippen molar-refractivity contribution >= 4 is 22.4 Å². The van der Waals surface area contributed by atoms with Gasteiger partial charge >= 0.3 is 0 Å². The molecule has 2 heterocycles. The number of nitrogens with one attached hydrogen (secondary N) is 1. The number of carbonyl (C=O) groups is 1. The van der Waals surface area contributed by atoms with Crippen molar-refractivity contribution < 1.29 is 9.53 Å². The molecule has 6 heteroatoms. The predicted octanol–water partition coefficient (Wildman–Crippen LogP) is 0.369. The van der Waals surface area contributed by atoms with Gasteiger partial charge in [0.2, 0.25) is 11.0 Å². The first kappa shape index (κ1) is 8.31. The second kappa shape index (κ2) is 2.99. The topological polar surface area (TPSA) is 64.1 Å². The molecule has 1 saturated carbocycles. The quantitative estimate of drug-likeness (QED) is 0.767. The van der Waals surface area contributed by atoms with Gasteiger partial charge in [-0.15, -0.1) is 10.2 Å². The standard InChI is InChI=1S/C8H9N3O2S/c12-7(10-8-11-9-3-14-8)6-4-1-13-2-5(4)6/h3-6H,1-2H2,(H,10,11,12)/t4-,5+,6?. The van der Waals surface area contributed by atoms with Crippen molar-refractivity contribution in [3.63, 3.8) is 0 Å². The van der Waals surface area contributed by atoms with Gasteiger partial charge in [0, 0.05) is 5.92 Å².